The summed E-state index contributed by atoms with van der Waals surface area (Å²) >= 11 is 0. The molecule has 0 aliphatic carbocycles. The van der Waals surface area contributed by atoms with Crippen LogP contribution in [0.4, 0.5) is 10.1 Å². The number of morpholine rings is 1. The van der Waals surface area contributed by atoms with Crippen molar-refractivity contribution in [3.05, 3.63) is 95.3 Å². The van der Waals surface area contributed by atoms with Crippen LogP contribution in [0.15, 0.2) is 77.7 Å². The van der Waals surface area contributed by atoms with Gasteiger partial charge >= 0.3 is 0 Å². The van der Waals surface area contributed by atoms with Crippen LogP contribution in [0.2, 0.25) is 0 Å². The summed E-state index contributed by atoms with van der Waals surface area (Å²) < 4.78 is 46.9. The summed E-state index contributed by atoms with van der Waals surface area (Å²) in [7, 11) is -3.78. The van der Waals surface area contributed by atoms with Crippen molar-refractivity contribution >= 4 is 21.6 Å². The van der Waals surface area contributed by atoms with Crippen molar-refractivity contribution in [2.45, 2.75) is 17.9 Å². The third kappa shape index (κ3) is 6.45. The van der Waals surface area contributed by atoms with Gasteiger partial charge in [0.05, 0.1) is 24.2 Å². The van der Waals surface area contributed by atoms with Crippen molar-refractivity contribution in [2.75, 3.05) is 37.6 Å². The number of carbonyl (C=O) groups excluding carboxylic acids is 1. The monoisotopic (exact) mass is 497 g/mol. The van der Waals surface area contributed by atoms with E-state index in [1.54, 1.807) is 42.5 Å². The number of hydrogen-bond acceptors (Lipinski definition) is 5. The molecule has 4 rings (SSSR count). The Kier molecular flexibility index (Phi) is 7.80. The molecule has 9 heteroatoms. The highest BCUT2D eigenvalue weighted by atomic mass is 32.2. The maximum Gasteiger partial charge on any atom is 0.261 e. The average molecular weight is 498 g/mol. The molecule has 2 N–H and O–H groups in total. The van der Waals surface area contributed by atoms with E-state index in [4.69, 9.17) is 4.74 Å². The van der Waals surface area contributed by atoms with Crippen LogP contribution in [0.5, 0.6) is 0 Å². The first kappa shape index (κ1) is 24.8. The minimum atomic E-state index is -3.78. The summed E-state index contributed by atoms with van der Waals surface area (Å²) in [5.74, 6) is -0.648. The fourth-order valence-electron chi connectivity index (χ4n) is 3.98. The predicted octanol–water partition coefficient (Wildman–Crippen LogP) is 3.74. The number of benzene rings is 3. The van der Waals surface area contributed by atoms with E-state index in [9.17, 15) is 17.6 Å². The number of amides is 1. The summed E-state index contributed by atoms with van der Waals surface area (Å²) in [6.45, 7) is 4.78. The molecule has 1 saturated heterocycles. The molecule has 35 heavy (non-hydrogen) atoms. The maximum absolute atomic E-state index is 13.5. The lowest BCUT2D eigenvalue weighted by Gasteiger charge is -2.35. The summed E-state index contributed by atoms with van der Waals surface area (Å²) in [6.07, 6.45) is 0. The lowest BCUT2D eigenvalue weighted by Crippen LogP contribution is -2.43. The molecule has 0 saturated carbocycles. The molecular formula is C26H28FN3O4S. The zero-order valence-corrected chi connectivity index (χ0v) is 20.2. The van der Waals surface area contributed by atoms with Crippen LogP contribution >= 0.6 is 0 Å². The lowest BCUT2D eigenvalue weighted by molar-refractivity contribution is 0.0162. The molecule has 1 heterocycles. The van der Waals surface area contributed by atoms with Crippen molar-refractivity contribution in [3.63, 3.8) is 0 Å². The van der Waals surface area contributed by atoms with E-state index in [2.05, 4.69) is 14.9 Å². The first-order valence-electron chi connectivity index (χ1n) is 11.4. The zero-order valence-electron chi connectivity index (χ0n) is 19.4. The maximum atomic E-state index is 13.5. The molecule has 0 bridgehead atoms. The van der Waals surface area contributed by atoms with Gasteiger partial charge in [-0.05, 0) is 55.0 Å². The molecule has 0 aromatic heterocycles. The number of nitrogens with one attached hydrogen (secondary N) is 2. The third-order valence-electron chi connectivity index (χ3n) is 5.91. The normalized spacial score (nSPS) is 15.4. The van der Waals surface area contributed by atoms with Crippen molar-refractivity contribution in [1.29, 1.82) is 0 Å². The Morgan fingerprint density at radius 1 is 1.03 bits per heavy atom. The molecule has 1 amide bonds. The van der Waals surface area contributed by atoms with Crippen LogP contribution in [-0.4, -0.2) is 52.1 Å². The smallest absolute Gasteiger partial charge is 0.261 e. The van der Waals surface area contributed by atoms with Gasteiger partial charge in [-0.3, -0.25) is 14.4 Å². The molecule has 1 aliphatic rings. The molecule has 1 atom stereocenters. The van der Waals surface area contributed by atoms with Gasteiger partial charge in [0.2, 0.25) is 0 Å². The second kappa shape index (κ2) is 11.0. The summed E-state index contributed by atoms with van der Waals surface area (Å²) in [5, 5.41) is 2.95. The SMILES string of the molecule is Cc1ccc(S(=O)(=O)Nc2cccc(C(=O)NC[C@@H](c3ccc(F)cc3)N3CCOCC3)c2)cc1. The van der Waals surface area contributed by atoms with Crippen LogP contribution in [0.3, 0.4) is 0 Å². The second-order valence-corrected chi connectivity index (χ2v) is 10.1. The molecule has 0 spiro atoms. The lowest BCUT2D eigenvalue weighted by atomic mass is 10.0. The van der Waals surface area contributed by atoms with E-state index >= 15 is 0 Å². The number of nitrogens with zero attached hydrogens (tertiary/aromatic N) is 1. The Hall–Kier alpha value is -3.27. The number of carbonyl (C=O) groups is 1. The number of sulfonamides is 1. The van der Waals surface area contributed by atoms with E-state index in [0.717, 1.165) is 11.1 Å². The predicted molar refractivity (Wildman–Crippen MR) is 132 cm³/mol. The summed E-state index contributed by atoms with van der Waals surface area (Å²) in [6, 6.07) is 19.0. The number of aryl methyl sites for hydroxylation is 1. The topological polar surface area (TPSA) is 87.7 Å². The molecule has 7 nitrogen and oxygen atoms in total. The first-order valence-corrected chi connectivity index (χ1v) is 12.9. The van der Waals surface area contributed by atoms with E-state index in [1.165, 1.54) is 30.3 Å². The van der Waals surface area contributed by atoms with Gasteiger partial charge in [0.15, 0.2) is 0 Å². The Labute approximate surface area is 205 Å². The minimum absolute atomic E-state index is 0.144. The molecule has 1 aliphatic heterocycles. The van der Waals surface area contributed by atoms with Crippen LogP contribution in [0.1, 0.15) is 27.5 Å². The van der Waals surface area contributed by atoms with Crippen molar-refractivity contribution in [2.24, 2.45) is 0 Å². The molecule has 0 radical (unpaired) electrons. The largest absolute Gasteiger partial charge is 0.379 e. The van der Waals surface area contributed by atoms with Crippen LogP contribution in [0.25, 0.3) is 0 Å². The van der Waals surface area contributed by atoms with Crippen molar-refractivity contribution in [3.8, 4) is 0 Å². The van der Waals surface area contributed by atoms with Gasteiger partial charge in [-0.25, -0.2) is 12.8 Å². The molecule has 3 aromatic rings. The highest BCUT2D eigenvalue weighted by molar-refractivity contribution is 7.92. The fraction of sp³-hybridized carbons (Fsp3) is 0.269. The number of rotatable bonds is 8. The Morgan fingerprint density at radius 3 is 2.40 bits per heavy atom. The fourth-order valence-corrected chi connectivity index (χ4v) is 5.03. The number of ether oxygens (including phenoxy) is 1. The van der Waals surface area contributed by atoms with E-state index < -0.39 is 10.0 Å². The second-order valence-electron chi connectivity index (χ2n) is 8.43. The molecule has 1 fully saturated rings. The van der Waals surface area contributed by atoms with Gasteiger partial charge in [-0.1, -0.05) is 35.9 Å². The van der Waals surface area contributed by atoms with Gasteiger partial charge in [0.25, 0.3) is 15.9 Å². The van der Waals surface area contributed by atoms with Crippen LogP contribution < -0.4 is 10.0 Å². The highest BCUT2D eigenvalue weighted by Crippen LogP contribution is 2.22. The Bertz CT molecular complexity index is 1260. The van der Waals surface area contributed by atoms with Gasteiger partial charge in [0.1, 0.15) is 5.82 Å². The zero-order chi connectivity index (χ0) is 24.8. The summed E-state index contributed by atoms with van der Waals surface area (Å²) in [5.41, 5.74) is 2.47. The van der Waals surface area contributed by atoms with Crippen LogP contribution in [0, 0.1) is 12.7 Å². The van der Waals surface area contributed by atoms with Crippen molar-refractivity contribution in [1.82, 2.24) is 10.2 Å². The minimum Gasteiger partial charge on any atom is -0.379 e. The van der Waals surface area contributed by atoms with Gasteiger partial charge in [0, 0.05) is 30.9 Å². The average Bonchev–Trinajstić information content (AvgIpc) is 2.86. The summed E-state index contributed by atoms with van der Waals surface area (Å²) in [4.78, 5) is 15.3. The standard InChI is InChI=1S/C26H28FN3O4S/c1-19-5-11-24(12-6-19)35(32,33)29-23-4-2-3-21(17-23)26(31)28-18-25(30-13-15-34-16-14-30)20-7-9-22(27)10-8-20/h2-12,17,25,29H,13-16,18H2,1H3,(H,28,31)/t25-/m0/s1. The highest BCUT2D eigenvalue weighted by Gasteiger charge is 2.24. The first-order chi connectivity index (χ1) is 16.8. The van der Waals surface area contributed by atoms with Gasteiger partial charge in [-0.15, -0.1) is 0 Å². The van der Waals surface area contributed by atoms with Crippen molar-refractivity contribution < 1.29 is 22.3 Å². The number of anilines is 1. The quantitative estimate of drug-likeness (QED) is 0.495. The van der Waals surface area contributed by atoms with E-state index in [-0.39, 0.29) is 22.7 Å². The van der Waals surface area contributed by atoms with Crippen LogP contribution in [-0.2, 0) is 14.8 Å². The molecule has 0 unspecified atom stereocenters. The van der Waals surface area contributed by atoms with Gasteiger partial charge in [-0.2, -0.15) is 0 Å². The van der Waals surface area contributed by atoms with E-state index in [0.29, 0.717) is 44.1 Å². The molecule has 3 aromatic carbocycles. The van der Waals surface area contributed by atoms with Gasteiger partial charge < -0.3 is 10.1 Å². The third-order valence-corrected chi connectivity index (χ3v) is 7.30. The Balaban J connectivity index is 1.46. The number of hydrogen-bond donors (Lipinski definition) is 2. The number of halogens is 1. The Morgan fingerprint density at radius 2 is 1.71 bits per heavy atom. The van der Waals surface area contributed by atoms with E-state index in [1.807, 2.05) is 6.92 Å². The molecule has 184 valence electrons. The molecular weight excluding hydrogens is 469 g/mol.